The van der Waals surface area contributed by atoms with Gasteiger partial charge in [-0.25, -0.2) is 0 Å². The second-order valence-electron chi connectivity index (χ2n) is 6.98. The molecule has 0 amide bonds. The van der Waals surface area contributed by atoms with Gasteiger partial charge in [0.25, 0.3) is 0 Å². The summed E-state index contributed by atoms with van der Waals surface area (Å²) in [6.07, 6.45) is 3.33. The van der Waals surface area contributed by atoms with Crippen LogP contribution >= 0.6 is 0 Å². The van der Waals surface area contributed by atoms with Crippen LogP contribution in [0.5, 0.6) is 0 Å². The predicted octanol–water partition coefficient (Wildman–Crippen LogP) is 4.39. The van der Waals surface area contributed by atoms with E-state index in [2.05, 4.69) is 58.0 Å². The standard InChI is InChI=1S/C23H24N2O/c26-22-15-21-13-7-8-14-25(21)23(16-22)24(17-19-9-3-1-4-10-19)18-20-11-5-2-6-12-20/h1-6,9-12,15-16H,7-8,13-14,17-18H2. The van der Waals surface area contributed by atoms with E-state index < -0.39 is 0 Å². The highest BCUT2D eigenvalue weighted by atomic mass is 16.1. The summed E-state index contributed by atoms with van der Waals surface area (Å²) < 4.78 is 2.34. The fourth-order valence-corrected chi connectivity index (χ4v) is 3.76. The zero-order chi connectivity index (χ0) is 17.8. The van der Waals surface area contributed by atoms with Crippen molar-refractivity contribution in [1.82, 2.24) is 4.57 Å². The molecule has 0 N–H and O–H groups in total. The molecule has 4 rings (SSSR count). The van der Waals surface area contributed by atoms with Gasteiger partial charge in [-0.2, -0.15) is 0 Å². The molecule has 0 unspecified atom stereocenters. The Balaban J connectivity index is 1.75. The molecule has 0 spiro atoms. The lowest BCUT2D eigenvalue weighted by molar-refractivity contribution is 0.517. The molecule has 26 heavy (non-hydrogen) atoms. The van der Waals surface area contributed by atoms with Gasteiger partial charge in [0.05, 0.1) is 0 Å². The largest absolute Gasteiger partial charge is 0.349 e. The van der Waals surface area contributed by atoms with Crippen LogP contribution in [0.4, 0.5) is 5.82 Å². The zero-order valence-corrected chi connectivity index (χ0v) is 15.0. The third-order valence-corrected chi connectivity index (χ3v) is 5.02. The number of pyridine rings is 1. The first kappa shape index (κ1) is 16.6. The number of rotatable bonds is 5. The molecule has 1 aromatic heterocycles. The summed E-state index contributed by atoms with van der Waals surface area (Å²) in [5.74, 6) is 1.04. The second kappa shape index (κ2) is 7.61. The summed E-state index contributed by atoms with van der Waals surface area (Å²) in [4.78, 5) is 14.7. The lowest BCUT2D eigenvalue weighted by Gasteiger charge is -2.31. The van der Waals surface area contributed by atoms with Crippen LogP contribution in [0.2, 0.25) is 0 Å². The number of aromatic nitrogens is 1. The van der Waals surface area contributed by atoms with E-state index in [-0.39, 0.29) is 5.43 Å². The molecule has 3 nitrogen and oxygen atoms in total. The van der Waals surface area contributed by atoms with Crippen molar-refractivity contribution in [2.24, 2.45) is 0 Å². The maximum Gasteiger partial charge on any atom is 0.183 e. The third kappa shape index (κ3) is 3.72. The Morgan fingerprint density at radius 1 is 0.808 bits per heavy atom. The summed E-state index contributed by atoms with van der Waals surface area (Å²) in [7, 11) is 0. The number of benzene rings is 2. The van der Waals surface area contributed by atoms with Crippen LogP contribution in [-0.4, -0.2) is 4.57 Å². The lowest BCUT2D eigenvalue weighted by Crippen LogP contribution is -2.30. The first-order valence-corrected chi connectivity index (χ1v) is 9.36. The van der Waals surface area contributed by atoms with E-state index in [0.717, 1.165) is 31.9 Å². The Bertz CT molecular complexity index is 874. The van der Waals surface area contributed by atoms with E-state index in [1.54, 1.807) is 6.07 Å². The Morgan fingerprint density at radius 2 is 1.42 bits per heavy atom. The van der Waals surface area contributed by atoms with Crippen molar-refractivity contribution >= 4 is 5.82 Å². The van der Waals surface area contributed by atoms with Crippen molar-refractivity contribution in [1.29, 1.82) is 0 Å². The Labute approximate surface area is 154 Å². The summed E-state index contributed by atoms with van der Waals surface area (Å²) in [6.45, 7) is 2.57. The Morgan fingerprint density at radius 3 is 2.04 bits per heavy atom. The second-order valence-corrected chi connectivity index (χ2v) is 6.98. The number of hydrogen-bond donors (Lipinski definition) is 0. The van der Waals surface area contributed by atoms with E-state index in [1.165, 1.54) is 29.7 Å². The van der Waals surface area contributed by atoms with Gasteiger partial charge in [0, 0.05) is 37.5 Å². The van der Waals surface area contributed by atoms with E-state index in [4.69, 9.17) is 0 Å². The molecule has 1 aliphatic heterocycles. The number of fused-ring (bicyclic) bond motifs is 1. The highest BCUT2D eigenvalue weighted by molar-refractivity contribution is 5.44. The van der Waals surface area contributed by atoms with E-state index in [9.17, 15) is 4.79 Å². The minimum atomic E-state index is 0.110. The van der Waals surface area contributed by atoms with Crippen LogP contribution < -0.4 is 10.3 Å². The van der Waals surface area contributed by atoms with Gasteiger partial charge < -0.3 is 9.47 Å². The number of nitrogens with zero attached hydrogens (tertiary/aromatic N) is 2. The van der Waals surface area contributed by atoms with Crippen molar-refractivity contribution in [2.45, 2.75) is 38.9 Å². The van der Waals surface area contributed by atoms with Gasteiger partial charge in [-0.05, 0) is 30.4 Å². The molecule has 0 atom stereocenters. The van der Waals surface area contributed by atoms with Crippen molar-refractivity contribution in [2.75, 3.05) is 4.90 Å². The van der Waals surface area contributed by atoms with Crippen LogP contribution in [0.15, 0.2) is 77.6 Å². The molecular weight excluding hydrogens is 320 g/mol. The monoisotopic (exact) mass is 344 g/mol. The topological polar surface area (TPSA) is 25.2 Å². The number of hydrogen-bond acceptors (Lipinski definition) is 2. The highest BCUT2D eigenvalue weighted by Crippen LogP contribution is 2.24. The van der Waals surface area contributed by atoms with Gasteiger partial charge in [0.15, 0.2) is 5.43 Å². The fourth-order valence-electron chi connectivity index (χ4n) is 3.76. The van der Waals surface area contributed by atoms with Crippen molar-refractivity contribution in [3.05, 3.63) is 99.8 Å². The van der Waals surface area contributed by atoms with Crippen LogP contribution in [-0.2, 0) is 26.1 Å². The Kier molecular flexibility index (Phi) is 4.87. The maximum absolute atomic E-state index is 12.3. The summed E-state index contributed by atoms with van der Waals surface area (Å²) in [6, 6.07) is 24.6. The molecule has 0 radical (unpaired) electrons. The van der Waals surface area contributed by atoms with E-state index in [1.807, 2.05) is 18.2 Å². The normalized spacial score (nSPS) is 13.2. The van der Waals surface area contributed by atoms with Gasteiger partial charge in [0.1, 0.15) is 5.82 Å². The van der Waals surface area contributed by atoms with Gasteiger partial charge in [-0.3, -0.25) is 4.79 Å². The van der Waals surface area contributed by atoms with Gasteiger partial charge >= 0.3 is 0 Å². The van der Waals surface area contributed by atoms with Crippen molar-refractivity contribution in [3.8, 4) is 0 Å². The molecule has 132 valence electrons. The van der Waals surface area contributed by atoms with Crippen LogP contribution in [0.25, 0.3) is 0 Å². The molecule has 2 heterocycles. The number of anilines is 1. The maximum atomic E-state index is 12.3. The quantitative estimate of drug-likeness (QED) is 0.686. The molecule has 0 saturated carbocycles. The van der Waals surface area contributed by atoms with Gasteiger partial charge in [-0.15, -0.1) is 0 Å². The van der Waals surface area contributed by atoms with Crippen LogP contribution in [0.1, 0.15) is 29.7 Å². The fraction of sp³-hybridized carbons (Fsp3) is 0.261. The van der Waals surface area contributed by atoms with Gasteiger partial charge in [-0.1, -0.05) is 60.7 Å². The van der Waals surface area contributed by atoms with Crippen LogP contribution in [0, 0.1) is 0 Å². The lowest BCUT2D eigenvalue weighted by atomic mass is 10.1. The summed E-state index contributed by atoms with van der Waals surface area (Å²) in [5.41, 5.74) is 3.79. The summed E-state index contributed by atoms with van der Waals surface area (Å²) in [5, 5.41) is 0. The Hall–Kier alpha value is -2.81. The molecule has 1 aliphatic rings. The predicted molar refractivity (Wildman–Crippen MR) is 106 cm³/mol. The molecule has 0 saturated heterocycles. The first-order chi connectivity index (χ1) is 12.8. The molecule has 2 aromatic carbocycles. The van der Waals surface area contributed by atoms with Gasteiger partial charge in [0.2, 0.25) is 0 Å². The minimum absolute atomic E-state index is 0.110. The molecule has 3 aromatic rings. The first-order valence-electron chi connectivity index (χ1n) is 9.36. The molecular formula is C23H24N2O. The average molecular weight is 344 g/mol. The van der Waals surface area contributed by atoms with E-state index >= 15 is 0 Å². The van der Waals surface area contributed by atoms with Crippen molar-refractivity contribution < 1.29 is 0 Å². The highest BCUT2D eigenvalue weighted by Gasteiger charge is 2.18. The average Bonchev–Trinajstić information content (AvgIpc) is 2.68. The smallest absolute Gasteiger partial charge is 0.183 e. The van der Waals surface area contributed by atoms with Crippen LogP contribution in [0.3, 0.4) is 0 Å². The minimum Gasteiger partial charge on any atom is -0.349 e. The SMILES string of the molecule is O=c1cc2n(c(N(Cc3ccccc3)Cc3ccccc3)c1)CCCC2. The summed E-state index contributed by atoms with van der Waals surface area (Å²) >= 11 is 0. The molecule has 3 heteroatoms. The number of aryl methyl sites for hydroxylation is 1. The molecule has 0 bridgehead atoms. The molecule has 0 fully saturated rings. The zero-order valence-electron chi connectivity index (χ0n) is 15.0. The van der Waals surface area contributed by atoms with E-state index in [0.29, 0.717) is 0 Å². The third-order valence-electron chi connectivity index (χ3n) is 5.02. The molecule has 0 aliphatic carbocycles. The van der Waals surface area contributed by atoms with Crippen molar-refractivity contribution in [3.63, 3.8) is 0 Å².